The molecule has 0 saturated heterocycles. The van der Waals surface area contributed by atoms with Gasteiger partial charge in [-0.15, -0.1) is 10.2 Å². The molecule has 1 atom stereocenters. The molecule has 3 aromatic rings. The van der Waals surface area contributed by atoms with Crippen LogP contribution >= 0.6 is 11.8 Å². The number of benzene rings is 2. The first-order chi connectivity index (χ1) is 13.5. The van der Waals surface area contributed by atoms with Gasteiger partial charge in [0.05, 0.1) is 6.61 Å². The minimum absolute atomic E-state index is 0.209. The summed E-state index contributed by atoms with van der Waals surface area (Å²) in [6, 6.07) is 12.3. The van der Waals surface area contributed by atoms with Crippen LogP contribution in [0.4, 0.5) is 4.39 Å². The van der Waals surface area contributed by atoms with Crippen LogP contribution in [0.2, 0.25) is 0 Å². The van der Waals surface area contributed by atoms with Crippen molar-refractivity contribution in [2.75, 3.05) is 5.84 Å². The van der Waals surface area contributed by atoms with Gasteiger partial charge in [0.25, 0.3) is 5.56 Å². The third-order valence-electron chi connectivity index (χ3n) is 4.27. The van der Waals surface area contributed by atoms with Gasteiger partial charge in [0.15, 0.2) is 0 Å². The molecule has 0 bridgehead atoms. The molecule has 1 aliphatic rings. The van der Waals surface area contributed by atoms with Crippen molar-refractivity contribution in [3.05, 3.63) is 81.0 Å². The van der Waals surface area contributed by atoms with Gasteiger partial charge in [0, 0.05) is 22.4 Å². The number of halogens is 1. The van der Waals surface area contributed by atoms with E-state index in [0.29, 0.717) is 22.6 Å². The fourth-order valence-electron chi connectivity index (χ4n) is 2.87. The summed E-state index contributed by atoms with van der Waals surface area (Å²) < 4.78 is 26.8. The van der Waals surface area contributed by atoms with Gasteiger partial charge in [0.2, 0.25) is 11.4 Å². The van der Waals surface area contributed by atoms with E-state index in [1.807, 2.05) is 30.3 Å². The predicted octanol–water partition coefficient (Wildman–Crippen LogP) is 2.70. The van der Waals surface area contributed by atoms with Crippen molar-refractivity contribution in [1.29, 1.82) is 0 Å². The molecule has 9 heteroatoms. The van der Waals surface area contributed by atoms with Crippen molar-refractivity contribution < 1.29 is 13.9 Å². The van der Waals surface area contributed by atoms with E-state index >= 15 is 0 Å². The molecule has 0 aliphatic carbocycles. The topological polar surface area (TPSA) is 92.3 Å². The molecule has 0 amide bonds. The van der Waals surface area contributed by atoms with Gasteiger partial charge in [-0.2, -0.15) is 4.68 Å². The fourth-order valence-corrected chi connectivity index (χ4v) is 3.69. The van der Waals surface area contributed by atoms with E-state index in [9.17, 15) is 9.18 Å². The molecule has 2 aromatic carbocycles. The lowest BCUT2D eigenvalue weighted by molar-refractivity contribution is -0.112. The predicted molar refractivity (Wildman–Crippen MR) is 102 cm³/mol. The van der Waals surface area contributed by atoms with Crippen molar-refractivity contribution >= 4 is 11.8 Å². The first-order valence-electron chi connectivity index (χ1n) is 8.51. The van der Waals surface area contributed by atoms with Crippen LogP contribution in [0, 0.1) is 12.7 Å². The highest BCUT2D eigenvalue weighted by molar-refractivity contribution is 7.98. The van der Waals surface area contributed by atoms with E-state index < -0.39 is 11.8 Å². The molecule has 144 valence electrons. The number of hydrogen-bond acceptors (Lipinski definition) is 7. The summed E-state index contributed by atoms with van der Waals surface area (Å²) in [5.41, 5.74) is 1.91. The van der Waals surface area contributed by atoms with Gasteiger partial charge in [-0.1, -0.05) is 42.1 Å². The maximum atomic E-state index is 14.1. The van der Waals surface area contributed by atoms with Gasteiger partial charge in [-0.05, 0) is 19.1 Å². The normalized spacial score (nSPS) is 15.7. The average molecular weight is 400 g/mol. The molecule has 0 fully saturated rings. The van der Waals surface area contributed by atoms with Gasteiger partial charge < -0.3 is 15.3 Å². The number of ether oxygens (including phenoxy) is 2. The van der Waals surface area contributed by atoms with Crippen LogP contribution in [0.3, 0.4) is 0 Å². The highest BCUT2D eigenvalue weighted by Crippen LogP contribution is 2.38. The number of nitrogens with two attached hydrogens (primary N) is 1. The van der Waals surface area contributed by atoms with Crippen molar-refractivity contribution in [2.45, 2.75) is 30.7 Å². The molecule has 2 N–H and O–H groups in total. The lowest BCUT2D eigenvalue weighted by atomic mass is 10.1. The zero-order valence-electron chi connectivity index (χ0n) is 15.0. The number of aryl methyl sites for hydroxylation is 1. The zero-order chi connectivity index (χ0) is 19.7. The van der Waals surface area contributed by atoms with Crippen molar-refractivity contribution in [2.24, 2.45) is 0 Å². The Morgan fingerprint density at radius 2 is 2.07 bits per heavy atom. The second kappa shape index (κ2) is 7.61. The number of fused-ring (bicyclic) bond motifs is 1. The average Bonchev–Trinajstić information content (AvgIpc) is 2.71. The molecule has 1 aromatic heterocycles. The lowest BCUT2D eigenvalue weighted by Gasteiger charge is -2.28. The first kappa shape index (κ1) is 18.5. The molecule has 4 rings (SSSR count). The second-order valence-electron chi connectivity index (χ2n) is 6.26. The molecule has 7 nitrogen and oxygen atoms in total. The Labute approximate surface area is 164 Å². The zero-order valence-corrected chi connectivity index (χ0v) is 15.8. The molecule has 0 saturated carbocycles. The monoisotopic (exact) mass is 400 g/mol. The second-order valence-corrected chi connectivity index (χ2v) is 7.20. The van der Waals surface area contributed by atoms with E-state index in [1.54, 1.807) is 0 Å². The van der Waals surface area contributed by atoms with Gasteiger partial charge >= 0.3 is 0 Å². The van der Waals surface area contributed by atoms with Crippen LogP contribution in [0.25, 0.3) is 0 Å². The number of aromatic nitrogens is 3. The van der Waals surface area contributed by atoms with Gasteiger partial charge in [-0.3, -0.25) is 4.79 Å². The minimum Gasteiger partial charge on any atom is -0.460 e. The van der Waals surface area contributed by atoms with E-state index in [4.69, 9.17) is 15.3 Å². The lowest BCUT2D eigenvalue weighted by Crippen LogP contribution is -2.32. The highest BCUT2D eigenvalue weighted by atomic mass is 32.2. The molecule has 0 unspecified atom stereocenters. The fraction of sp³-hybridized carbons (Fsp3) is 0.211. The number of nitrogen functional groups attached to an aromatic ring is 1. The largest absolute Gasteiger partial charge is 0.460 e. The van der Waals surface area contributed by atoms with E-state index in [-0.39, 0.29) is 23.3 Å². The molecule has 2 heterocycles. The number of hydrogen-bond donors (Lipinski definition) is 1. The smallest absolute Gasteiger partial charge is 0.294 e. The summed E-state index contributed by atoms with van der Waals surface area (Å²) >= 11 is 1.18. The summed E-state index contributed by atoms with van der Waals surface area (Å²) in [6.45, 7) is 1.77. The van der Waals surface area contributed by atoms with Crippen LogP contribution in [0.15, 0.2) is 52.4 Å². The maximum Gasteiger partial charge on any atom is 0.294 e. The van der Waals surface area contributed by atoms with Crippen LogP contribution in [0.1, 0.15) is 28.7 Å². The van der Waals surface area contributed by atoms with Crippen LogP contribution in [0.5, 0.6) is 5.75 Å². The van der Waals surface area contributed by atoms with E-state index in [0.717, 1.165) is 10.2 Å². The maximum absolute atomic E-state index is 14.1. The standard InChI is InChI=1S/C19H17FN4O3S/c1-11-17(25)24(21)19(23-22-11)28-10-14-8-15(20)7-13-9-26-18(27-16(13)14)12-5-3-2-4-6-12/h2-8,18H,9-10,21H2,1H3/t18-/m1/s1. The van der Waals surface area contributed by atoms with Crippen LogP contribution in [-0.2, 0) is 17.1 Å². The molecular formula is C19H17FN4O3S. The third kappa shape index (κ3) is 3.58. The van der Waals surface area contributed by atoms with E-state index in [2.05, 4.69) is 10.2 Å². The quantitative estimate of drug-likeness (QED) is 0.532. The first-order valence-corrected chi connectivity index (χ1v) is 9.50. The Morgan fingerprint density at radius 1 is 1.29 bits per heavy atom. The summed E-state index contributed by atoms with van der Waals surface area (Å²) in [6.07, 6.45) is -0.574. The molecule has 1 aliphatic heterocycles. The summed E-state index contributed by atoms with van der Waals surface area (Å²) in [7, 11) is 0. The summed E-state index contributed by atoms with van der Waals surface area (Å²) in [5, 5.41) is 7.98. The van der Waals surface area contributed by atoms with Crippen molar-refractivity contribution in [3.63, 3.8) is 0 Å². The Bertz CT molecular complexity index is 1070. The number of thioether (sulfide) groups is 1. The SMILES string of the molecule is Cc1nnc(SCc2cc(F)cc3c2O[C@H](c2ccccc2)OC3)n(N)c1=O. The third-order valence-corrected chi connectivity index (χ3v) is 5.26. The summed E-state index contributed by atoms with van der Waals surface area (Å²) in [5.74, 6) is 6.25. The molecule has 0 radical (unpaired) electrons. The molecule has 0 spiro atoms. The number of nitrogens with zero attached hydrogens (tertiary/aromatic N) is 3. The van der Waals surface area contributed by atoms with Gasteiger partial charge in [0.1, 0.15) is 17.3 Å². The van der Waals surface area contributed by atoms with Gasteiger partial charge in [-0.25, -0.2) is 4.39 Å². The summed E-state index contributed by atoms with van der Waals surface area (Å²) in [4.78, 5) is 11.9. The Kier molecular flexibility index (Phi) is 5.01. The Balaban J connectivity index is 1.61. The van der Waals surface area contributed by atoms with Crippen LogP contribution < -0.4 is 16.1 Å². The minimum atomic E-state index is -0.574. The Hall–Kier alpha value is -2.91. The highest BCUT2D eigenvalue weighted by Gasteiger charge is 2.25. The molecular weight excluding hydrogens is 383 g/mol. The number of rotatable bonds is 4. The van der Waals surface area contributed by atoms with E-state index in [1.165, 1.54) is 30.8 Å². The van der Waals surface area contributed by atoms with Crippen LogP contribution in [-0.4, -0.2) is 14.9 Å². The Morgan fingerprint density at radius 3 is 2.86 bits per heavy atom. The molecule has 28 heavy (non-hydrogen) atoms. The van der Waals surface area contributed by atoms with Crippen molar-refractivity contribution in [3.8, 4) is 5.75 Å². The van der Waals surface area contributed by atoms with Crippen molar-refractivity contribution in [1.82, 2.24) is 14.9 Å².